The van der Waals surface area contributed by atoms with Crippen LogP contribution in [-0.2, 0) is 0 Å². The van der Waals surface area contributed by atoms with E-state index >= 15 is 0 Å². The van der Waals surface area contributed by atoms with Crippen LogP contribution in [0.2, 0.25) is 0 Å². The van der Waals surface area contributed by atoms with Gasteiger partial charge in [-0.2, -0.15) is 0 Å². The lowest BCUT2D eigenvalue weighted by Gasteiger charge is -2.31. The van der Waals surface area contributed by atoms with Crippen molar-refractivity contribution in [3.63, 3.8) is 0 Å². The Morgan fingerprint density at radius 2 is 0.424 bits per heavy atom. The molecule has 0 saturated heterocycles. The van der Waals surface area contributed by atoms with Crippen molar-refractivity contribution in [1.29, 1.82) is 0 Å². The van der Waals surface area contributed by atoms with Gasteiger partial charge in [-0.05, 0) is 239 Å². The van der Waals surface area contributed by atoms with Crippen LogP contribution in [0.25, 0.3) is 87.6 Å². The molecule has 4 heteroatoms. The number of rotatable bonds is 14. The Balaban J connectivity index is 1.02. The highest BCUT2D eigenvalue weighted by atomic mass is 15.2. The van der Waals surface area contributed by atoms with E-state index in [1.54, 1.807) is 0 Å². The third kappa shape index (κ3) is 9.49. The zero-order chi connectivity index (χ0) is 60.9. The zero-order valence-electron chi connectivity index (χ0n) is 50.4. The number of hydrogen-bond donors (Lipinski definition) is 0. The molecule has 1 aliphatic rings. The normalized spacial score (nSPS) is 11.5. The van der Waals surface area contributed by atoms with E-state index in [1.165, 1.54) is 43.8 Å². The summed E-state index contributed by atoms with van der Waals surface area (Å²) in [7, 11) is 0. The molecule has 0 heterocycles. The van der Waals surface area contributed by atoms with E-state index in [9.17, 15) is 0 Å². The first kappa shape index (κ1) is 54.0. The van der Waals surface area contributed by atoms with Crippen LogP contribution in [0.5, 0.6) is 0 Å². The van der Waals surface area contributed by atoms with Crippen LogP contribution < -0.4 is 19.6 Å². The second-order valence-electron chi connectivity index (χ2n) is 23.6. The molecule has 432 valence electrons. The van der Waals surface area contributed by atoms with E-state index in [4.69, 9.17) is 0 Å². The molecule has 0 saturated carbocycles. The van der Waals surface area contributed by atoms with E-state index < -0.39 is 0 Å². The molecule has 1 aliphatic carbocycles. The van der Waals surface area contributed by atoms with Gasteiger partial charge in [-0.1, -0.05) is 212 Å². The maximum Gasteiger partial charge on any atom is 0.0488 e. The predicted molar refractivity (Wildman–Crippen MR) is 391 cm³/mol. The Bertz CT molecular complexity index is 5020. The van der Waals surface area contributed by atoms with Crippen molar-refractivity contribution in [2.24, 2.45) is 0 Å². The number of benzene rings is 16. The van der Waals surface area contributed by atoms with Crippen molar-refractivity contribution in [3.8, 4) is 44.5 Å². The average Bonchev–Trinajstić information content (AvgIpc) is 1.41. The Labute approximate surface area is 536 Å². The van der Waals surface area contributed by atoms with Crippen LogP contribution in [0.15, 0.2) is 364 Å². The first-order valence-electron chi connectivity index (χ1n) is 31.6. The van der Waals surface area contributed by atoms with E-state index in [1.807, 2.05) is 0 Å². The van der Waals surface area contributed by atoms with Gasteiger partial charge in [-0.3, -0.25) is 0 Å². The Morgan fingerprint density at radius 3 is 0.750 bits per heavy atom. The SMILES string of the molecule is c1ccc(N(c2ccccc2)c2cc(-c3c4ccccc4c(-c4cc(N(c5ccccc5)c5ccccc5)cc(N(c5ccccc5)c5ccccc5)c4)c4cc5c(cc34)-c3cccc4c3c-5cc3ccccc34)cc(N(c3ccccc3)c3ccccc3)c2)cc1. The summed E-state index contributed by atoms with van der Waals surface area (Å²) in [6.07, 6.45) is 0. The molecule has 0 fully saturated rings. The molecule has 0 bridgehead atoms. The van der Waals surface area contributed by atoms with E-state index in [2.05, 4.69) is 384 Å². The molecule has 4 nitrogen and oxygen atoms in total. The summed E-state index contributed by atoms with van der Waals surface area (Å²) < 4.78 is 0. The van der Waals surface area contributed by atoms with Crippen molar-refractivity contribution in [1.82, 2.24) is 0 Å². The van der Waals surface area contributed by atoms with Crippen LogP contribution in [-0.4, -0.2) is 0 Å². The van der Waals surface area contributed by atoms with Crippen LogP contribution in [0.1, 0.15) is 0 Å². The van der Waals surface area contributed by atoms with Crippen LogP contribution in [0.4, 0.5) is 68.2 Å². The molecule has 92 heavy (non-hydrogen) atoms. The van der Waals surface area contributed by atoms with Gasteiger partial charge in [0, 0.05) is 68.2 Å². The summed E-state index contributed by atoms with van der Waals surface area (Å²) in [5.74, 6) is 0. The summed E-state index contributed by atoms with van der Waals surface area (Å²) in [6, 6.07) is 133. The molecule has 16 aromatic rings. The Morgan fingerprint density at radius 1 is 0.152 bits per heavy atom. The Kier molecular flexibility index (Phi) is 13.5. The molecule has 0 amide bonds. The van der Waals surface area contributed by atoms with Gasteiger partial charge in [0.05, 0.1) is 0 Å². The molecule has 0 unspecified atom stereocenters. The lowest BCUT2D eigenvalue weighted by molar-refractivity contribution is 1.25. The lowest BCUT2D eigenvalue weighted by atomic mass is 9.83. The quantitative estimate of drug-likeness (QED) is 0.0795. The molecular weight excluding hydrogens is 1110 g/mol. The molecule has 0 aliphatic heterocycles. The highest BCUT2D eigenvalue weighted by Gasteiger charge is 2.29. The van der Waals surface area contributed by atoms with Gasteiger partial charge >= 0.3 is 0 Å². The van der Waals surface area contributed by atoms with Gasteiger partial charge in [0.25, 0.3) is 0 Å². The molecule has 0 radical (unpaired) electrons. The van der Waals surface area contributed by atoms with Crippen molar-refractivity contribution in [2.75, 3.05) is 19.6 Å². The third-order valence-corrected chi connectivity index (χ3v) is 18.2. The van der Waals surface area contributed by atoms with Gasteiger partial charge in [0.2, 0.25) is 0 Å². The fraction of sp³-hybridized carbons (Fsp3) is 0. The molecule has 0 atom stereocenters. The fourth-order valence-electron chi connectivity index (χ4n) is 14.3. The highest BCUT2D eigenvalue weighted by Crippen LogP contribution is 2.56. The van der Waals surface area contributed by atoms with E-state index in [0.717, 1.165) is 112 Å². The molecule has 0 spiro atoms. The number of nitrogens with zero attached hydrogens (tertiary/aromatic N) is 4. The second kappa shape index (κ2) is 23.0. The standard InChI is InChI=1S/C88H60N4/c1-9-31-64(32-10-1)89(65-33-11-2-12-34-65)72-52-62(53-73(57-72)90(66-35-13-3-14-36-66)67-37-15-4-16-38-67)86-78-48-27-28-49-79(78)87(85-60-82-81(59-84(85)86)80-51-29-50-77-76-47-26-25-30-61(76)56-83(82)88(77)80)63-54-74(91(68-39-17-5-18-40-68)69-41-19-6-20-42-69)58-75(55-63)92(70-43-21-7-22-44-70)71-45-23-8-24-46-71/h1-60H. The minimum atomic E-state index is 1.03. The minimum absolute atomic E-state index is 1.03. The largest absolute Gasteiger partial charge is 0.310 e. The highest BCUT2D eigenvalue weighted by molar-refractivity contribution is 6.28. The smallest absolute Gasteiger partial charge is 0.0488 e. The maximum absolute atomic E-state index is 2.55. The van der Waals surface area contributed by atoms with Gasteiger partial charge in [0.15, 0.2) is 0 Å². The summed E-state index contributed by atoms with van der Waals surface area (Å²) in [5.41, 5.74) is 22.0. The number of anilines is 12. The minimum Gasteiger partial charge on any atom is -0.310 e. The van der Waals surface area contributed by atoms with E-state index in [-0.39, 0.29) is 0 Å². The van der Waals surface area contributed by atoms with Gasteiger partial charge in [-0.25, -0.2) is 0 Å². The maximum atomic E-state index is 2.55. The molecular formula is C88H60N4. The summed E-state index contributed by atoms with van der Waals surface area (Å²) in [5, 5.41) is 9.66. The van der Waals surface area contributed by atoms with Crippen molar-refractivity contribution in [3.05, 3.63) is 364 Å². The summed E-state index contributed by atoms with van der Waals surface area (Å²) in [6.45, 7) is 0. The molecule has 16 aromatic carbocycles. The number of para-hydroxylation sites is 8. The zero-order valence-corrected chi connectivity index (χ0v) is 50.4. The van der Waals surface area contributed by atoms with Crippen molar-refractivity contribution >= 4 is 111 Å². The monoisotopic (exact) mass is 1170 g/mol. The van der Waals surface area contributed by atoms with Gasteiger partial charge < -0.3 is 19.6 Å². The second-order valence-corrected chi connectivity index (χ2v) is 23.6. The summed E-state index contributed by atoms with van der Waals surface area (Å²) in [4.78, 5) is 9.62. The number of hydrogen-bond acceptors (Lipinski definition) is 4. The number of fused-ring (bicyclic) bond motifs is 7. The van der Waals surface area contributed by atoms with Crippen molar-refractivity contribution in [2.45, 2.75) is 0 Å². The molecule has 17 rings (SSSR count). The molecule has 0 aromatic heterocycles. The van der Waals surface area contributed by atoms with Crippen LogP contribution in [0, 0.1) is 0 Å². The van der Waals surface area contributed by atoms with Crippen molar-refractivity contribution < 1.29 is 0 Å². The van der Waals surface area contributed by atoms with Gasteiger partial charge in [0.1, 0.15) is 0 Å². The first-order valence-corrected chi connectivity index (χ1v) is 31.6. The van der Waals surface area contributed by atoms with Gasteiger partial charge in [-0.15, -0.1) is 0 Å². The first-order chi connectivity index (χ1) is 45.7. The Hall–Kier alpha value is -12.2. The average molecular weight is 1170 g/mol. The molecule has 0 N–H and O–H groups in total. The van der Waals surface area contributed by atoms with E-state index in [0.29, 0.717) is 0 Å². The lowest BCUT2D eigenvalue weighted by Crippen LogP contribution is -2.14. The summed E-state index contributed by atoms with van der Waals surface area (Å²) >= 11 is 0. The topological polar surface area (TPSA) is 13.0 Å². The fourth-order valence-corrected chi connectivity index (χ4v) is 14.3. The predicted octanol–water partition coefficient (Wildman–Crippen LogP) is 25.2. The van der Waals surface area contributed by atoms with Crippen LogP contribution in [0.3, 0.4) is 0 Å². The van der Waals surface area contributed by atoms with Crippen LogP contribution >= 0.6 is 0 Å². The third-order valence-electron chi connectivity index (χ3n) is 18.2.